The number of hydrogen-bond donors (Lipinski definition) is 0. The number of allylic oxidation sites excluding steroid dienone is 1. The predicted molar refractivity (Wildman–Crippen MR) is 132 cm³/mol. The minimum absolute atomic E-state index is 0.0820. The van der Waals surface area contributed by atoms with E-state index in [0.717, 1.165) is 31.2 Å². The van der Waals surface area contributed by atoms with Gasteiger partial charge in [0.25, 0.3) is 0 Å². The lowest BCUT2D eigenvalue weighted by atomic mass is 9.71. The third-order valence-electron chi connectivity index (χ3n) is 6.73. The van der Waals surface area contributed by atoms with Crippen molar-refractivity contribution in [1.29, 1.82) is 0 Å². The summed E-state index contributed by atoms with van der Waals surface area (Å²) < 4.78 is 17.2. The van der Waals surface area contributed by atoms with Gasteiger partial charge in [-0.2, -0.15) is 0 Å². The van der Waals surface area contributed by atoms with Crippen LogP contribution in [0.15, 0.2) is 60.9 Å². The summed E-state index contributed by atoms with van der Waals surface area (Å²) in [6.07, 6.45) is 6.67. The summed E-state index contributed by atoms with van der Waals surface area (Å²) in [6.45, 7) is 2.18. The Labute approximate surface area is 206 Å². The number of halogens is 1. The summed E-state index contributed by atoms with van der Waals surface area (Å²) in [5.41, 5.74) is 1.38. The zero-order valence-corrected chi connectivity index (χ0v) is 20.2. The van der Waals surface area contributed by atoms with Gasteiger partial charge in [-0.05, 0) is 48.6 Å². The number of rotatable bonds is 8. The van der Waals surface area contributed by atoms with Gasteiger partial charge in [-0.3, -0.25) is 4.79 Å². The average Bonchev–Trinajstić information content (AvgIpc) is 2.84. The molecule has 1 aliphatic heterocycles. The van der Waals surface area contributed by atoms with Crippen LogP contribution in [0.2, 0.25) is 5.02 Å². The van der Waals surface area contributed by atoms with Gasteiger partial charge in [-0.1, -0.05) is 74.5 Å². The first-order valence-electron chi connectivity index (χ1n) is 12.1. The van der Waals surface area contributed by atoms with Gasteiger partial charge in [0.2, 0.25) is 0 Å². The zero-order chi connectivity index (χ0) is 23.9. The molecule has 0 amide bonds. The van der Waals surface area contributed by atoms with Crippen LogP contribution >= 0.6 is 11.6 Å². The van der Waals surface area contributed by atoms with E-state index < -0.39 is 6.16 Å². The number of unbranched alkanes of at least 4 members (excludes halogenated alkanes) is 3. The maximum absolute atomic E-state index is 13.4. The quantitative estimate of drug-likeness (QED) is 0.225. The summed E-state index contributed by atoms with van der Waals surface area (Å²) in [4.78, 5) is 25.9. The predicted octanol–water partition coefficient (Wildman–Crippen LogP) is 7.23. The van der Waals surface area contributed by atoms with Crippen LogP contribution in [-0.2, 0) is 14.3 Å². The highest BCUT2D eigenvalue weighted by Gasteiger charge is 2.45. The van der Waals surface area contributed by atoms with Gasteiger partial charge in [-0.15, -0.1) is 0 Å². The maximum atomic E-state index is 13.4. The van der Waals surface area contributed by atoms with E-state index in [2.05, 4.69) is 6.92 Å². The van der Waals surface area contributed by atoms with E-state index in [1.54, 1.807) is 42.7 Å². The summed E-state index contributed by atoms with van der Waals surface area (Å²) in [7, 11) is 0. The molecule has 4 atom stereocenters. The van der Waals surface area contributed by atoms with E-state index >= 15 is 0 Å². The number of Topliss-reactive ketones (excluding diaryl/α,β-unsaturated/α-hetero) is 1. The Hall–Kier alpha value is -2.79. The van der Waals surface area contributed by atoms with Crippen molar-refractivity contribution in [2.45, 2.75) is 64.1 Å². The summed E-state index contributed by atoms with van der Waals surface area (Å²) in [5.74, 6) is 0.359. The Morgan fingerprint density at radius 3 is 2.53 bits per heavy atom. The highest BCUT2D eigenvalue weighted by molar-refractivity contribution is 6.30. The molecule has 4 rings (SSSR count). The molecule has 5 nitrogen and oxygen atoms in total. The fourth-order valence-corrected chi connectivity index (χ4v) is 5.03. The molecule has 0 spiro atoms. The summed E-state index contributed by atoms with van der Waals surface area (Å²) in [6, 6.07) is 16.1. The van der Waals surface area contributed by atoms with Crippen LogP contribution < -0.4 is 4.74 Å². The molecule has 180 valence electrons. The monoisotopic (exact) mass is 482 g/mol. The highest BCUT2D eigenvalue weighted by atomic mass is 35.5. The van der Waals surface area contributed by atoms with E-state index in [9.17, 15) is 9.59 Å². The molecule has 0 bridgehead atoms. The van der Waals surface area contributed by atoms with E-state index in [4.69, 9.17) is 25.8 Å². The number of para-hydroxylation sites is 1. The lowest BCUT2D eigenvalue weighted by Gasteiger charge is -2.41. The first-order chi connectivity index (χ1) is 16.5. The van der Waals surface area contributed by atoms with E-state index in [1.807, 2.05) is 18.2 Å². The summed E-state index contributed by atoms with van der Waals surface area (Å²) >= 11 is 6.01. The van der Waals surface area contributed by atoms with E-state index in [0.29, 0.717) is 29.2 Å². The van der Waals surface area contributed by atoms with Gasteiger partial charge in [0.05, 0.1) is 17.8 Å². The lowest BCUT2D eigenvalue weighted by Crippen LogP contribution is -2.46. The van der Waals surface area contributed by atoms with E-state index in [1.165, 1.54) is 6.42 Å². The normalized spacial score (nSPS) is 23.9. The highest BCUT2D eigenvalue weighted by Crippen LogP contribution is 2.41. The first kappa shape index (κ1) is 24.3. The van der Waals surface area contributed by atoms with E-state index in [-0.39, 0.29) is 29.8 Å². The standard InChI is InChI=1S/C28H31ClO5/c1-2-3-4-6-9-20-16-23-26(17-25(20)34-28(31)33-22-10-7-5-8-11-22)32-18-24(27(23)30)19-12-14-21(29)15-13-19/h5,7-8,10-15,18,20,23,25-26H,2-4,6,9,16-17H2,1H3. The minimum Gasteiger partial charge on any atom is -0.496 e. The molecule has 4 unspecified atom stereocenters. The molecule has 6 heteroatoms. The van der Waals surface area contributed by atoms with Gasteiger partial charge >= 0.3 is 6.16 Å². The Morgan fingerprint density at radius 1 is 1.03 bits per heavy atom. The van der Waals surface area contributed by atoms with Gasteiger partial charge in [0.1, 0.15) is 18.0 Å². The zero-order valence-electron chi connectivity index (χ0n) is 19.5. The van der Waals surface area contributed by atoms with Gasteiger partial charge in [0.15, 0.2) is 5.78 Å². The second-order valence-electron chi connectivity index (χ2n) is 9.09. The van der Waals surface area contributed by atoms with Crippen molar-refractivity contribution in [3.8, 4) is 5.75 Å². The topological polar surface area (TPSA) is 61.8 Å². The fourth-order valence-electron chi connectivity index (χ4n) is 4.91. The molecule has 1 aliphatic carbocycles. The molecule has 2 aromatic rings. The molecule has 1 saturated carbocycles. The number of hydrogen-bond acceptors (Lipinski definition) is 5. The third kappa shape index (κ3) is 6.01. The summed E-state index contributed by atoms with van der Waals surface area (Å²) in [5, 5.41) is 0.624. The third-order valence-corrected chi connectivity index (χ3v) is 6.99. The van der Waals surface area contributed by atoms with Crippen molar-refractivity contribution in [2.24, 2.45) is 11.8 Å². The van der Waals surface area contributed by atoms with Crippen LogP contribution in [0.3, 0.4) is 0 Å². The van der Waals surface area contributed by atoms with Gasteiger partial charge < -0.3 is 14.2 Å². The average molecular weight is 483 g/mol. The van der Waals surface area contributed by atoms with Crippen molar-refractivity contribution < 1.29 is 23.8 Å². The minimum atomic E-state index is -0.715. The van der Waals surface area contributed by atoms with Crippen LogP contribution in [0, 0.1) is 11.8 Å². The van der Waals surface area contributed by atoms with Crippen LogP contribution in [-0.4, -0.2) is 24.1 Å². The molecule has 1 fully saturated rings. The fraction of sp³-hybridized carbons (Fsp3) is 0.429. The second kappa shape index (κ2) is 11.6. The molecular formula is C28H31ClO5. The Bertz CT molecular complexity index is 1000. The lowest BCUT2D eigenvalue weighted by molar-refractivity contribution is -0.130. The van der Waals surface area contributed by atoms with Crippen LogP contribution in [0.25, 0.3) is 5.57 Å². The SMILES string of the molecule is CCCCCCC1CC2C(=O)C(c3ccc(Cl)cc3)=COC2CC1OC(=O)Oc1ccccc1. The van der Waals surface area contributed by atoms with Gasteiger partial charge in [0, 0.05) is 11.4 Å². The largest absolute Gasteiger partial charge is 0.514 e. The van der Waals surface area contributed by atoms with Crippen LogP contribution in [0.1, 0.15) is 57.4 Å². The number of ether oxygens (including phenoxy) is 3. The first-order valence-corrected chi connectivity index (χ1v) is 12.5. The number of carbonyl (C=O) groups excluding carboxylic acids is 2. The van der Waals surface area contributed by atoms with Crippen molar-refractivity contribution in [2.75, 3.05) is 0 Å². The molecule has 2 aromatic carbocycles. The van der Waals surface area contributed by atoms with Crippen molar-refractivity contribution >= 4 is 29.1 Å². The Kier molecular flexibility index (Phi) is 8.28. The smallest absolute Gasteiger partial charge is 0.496 e. The number of carbonyl (C=O) groups is 2. The molecule has 0 saturated heterocycles. The molecule has 0 N–H and O–H groups in total. The van der Waals surface area contributed by atoms with Crippen LogP contribution in [0.4, 0.5) is 4.79 Å². The van der Waals surface area contributed by atoms with Crippen molar-refractivity contribution in [3.63, 3.8) is 0 Å². The molecule has 1 heterocycles. The Morgan fingerprint density at radius 2 is 1.79 bits per heavy atom. The molecule has 2 aliphatic rings. The Balaban J connectivity index is 1.47. The molecule has 0 aromatic heterocycles. The van der Waals surface area contributed by atoms with Gasteiger partial charge in [-0.25, -0.2) is 4.79 Å². The molecule has 0 radical (unpaired) electrons. The molecular weight excluding hydrogens is 452 g/mol. The maximum Gasteiger partial charge on any atom is 0.514 e. The molecule has 34 heavy (non-hydrogen) atoms. The number of benzene rings is 2. The van der Waals surface area contributed by atoms with Crippen molar-refractivity contribution in [1.82, 2.24) is 0 Å². The second-order valence-corrected chi connectivity index (χ2v) is 9.52. The number of ketones is 1. The van der Waals surface area contributed by atoms with Crippen molar-refractivity contribution in [3.05, 3.63) is 71.4 Å². The number of fused-ring (bicyclic) bond motifs is 1. The van der Waals surface area contributed by atoms with Crippen LogP contribution in [0.5, 0.6) is 5.75 Å².